The maximum absolute atomic E-state index is 13.2. The first kappa shape index (κ1) is 23.7. The maximum atomic E-state index is 13.2. The Balaban J connectivity index is 1.69. The molecule has 1 saturated carbocycles. The minimum atomic E-state index is -4.45. The Morgan fingerprint density at radius 2 is 1.94 bits per heavy atom. The third-order valence-corrected chi connectivity index (χ3v) is 6.36. The van der Waals surface area contributed by atoms with Crippen molar-refractivity contribution in [2.75, 3.05) is 13.7 Å². The van der Waals surface area contributed by atoms with Crippen LogP contribution in [0.3, 0.4) is 0 Å². The zero-order valence-corrected chi connectivity index (χ0v) is 18.3. The molecule has 10 heteroatoms. The summed E-state index contributed by atoms with van der Waals surface area (Å²) in [5.74, 6) is -0.211. The fourth-order valence-corrected chi connectivity index (χ4v) is 4.70. The van der Waals surface area contributed by atoms with Crippen LogP contribution >= 0.6 is 0 Å². The molecule has 3 N–H and O–H groups in total. The molecule has 180 valence electrons. The van der Waals surface area contributed by atoms with Crippen LogP contribution in [0.4, 0.5) is 13.2 Å². The molecule has 4 rings (SSSR count). The number of rotatable bonds is 6. The molecule has 1 aliphatic heterocycles. The molecule has 7 nitrogen and oxygen atoms in total. The van der Waals surface area contributed by atoms with E-state index in [9.17, 15) is 23.1 Å². The van der Waals surface area contributed by atoms with E-state index in [2.05, 4.69) is 15.8 Å². The number of hydrogen-bond acceptors (Lipinski definition) is 6. The van der Waals surface area contributed by atoms with E-state index in [0.717, 1.165) is 37.8 Å². The van der Waals surface area contributed by atoms with Gasteiger partial charge < -0.3 is 25.0 Å². The van der Waals surface area contributed by atoms with Gasteiger partial charge in [-0.05, 0) is 57.7 Å². The Bertz CT molecular complexity index is 955. The number of carbonyl (C=O) groups is 1. The number of aliphatic hydroxyl groups excluding tert-OH is 1. The standard InChI is InChI=1S/C23H28F3N3O4/c1-27-19(17-6-3-11-32-17)18-20(22(31)28-15-4-2-5-16(30)12-15)29-33-21(18)13-7-9-14(10-8-13)23(24,25)26/h7-10,15-17,19,27,30H,2-6,11-12H2,1H3,(H,28,31). The average molecular weight is 467 g/mol. The highest BCUT2D eigenvalue weighted by Crippen LogP contribution is 2.38. The summed E-state index contributed by atoms with van der Waals surface area (Å²) in [6, 6.07) is 3.96. The predicted octanol–water partition coefficient (Wildman–Crippen LogP) is 3.83. The second kappa shape index (κ2) is 9.82. The quantitative estimate of drug-likeness (QED) is 0.598. The third-order valence-electron chi connectivity index (χ3n) is 6.36. The van der Waals surface area contributed by atoms with Crippen LogP contribution < -0.4 is 10.6 Å². The molecule has 1 aromatic heterocycles. The zero-order chi connectivity index (χ0) is 23.6. The third kappa shape index (κ3) is 5.23. The van der Waals surface area contributed by atoms with Crippen LogP contribution in [0.2, 0.25) is 0 Å². The van der Waals surface area contributed by atoms with Crippen LogP contribution in [0.25, 0.3) is 11.3 Å². The fourth-order valence-electron chi connectivity index (χ4n) is 4.70. The van der Waals surface area contributed by atoms with Crippen molar-refractivity contribution >= 4 is 5.91 Å². The van der Waals surface area contributed by atoms with Crippen LogP contribution in [0, 0.1) is 0 Å². The highest BCUT2D eigenvalue weighted by atomic mass is 19.4. The molecule has 2 aromatic rings. The Labute approximate surface area is 189 Å². The van der Waals surface area contributed by atoms with Crippen LogP contribution in [0.5, 0.6) is 0 Å². The first-order valence-corrected chi connectivity index (χ1v) is 11.2. The number of amides is 1. The highest BCUT2D eigenvalue weighted by molar-refractivity contribution is 5.95. The van der Waals surface area contributed by atoms with E-state index in [-0.39, 0.29) is 23.6 Å². The minimum Gasteiger partial charge on any atom is -0.393 e. The van der Waals surface area contributed by atoms with E-state index < -0.39 is 29.8 Å². The molecule has 1 aromatic carbocycles. The molecule has 0 bridgehead atoms. The van der Waals surface area contributed by atoms with E-state index in [1.807, 2.05) is 0 Å². The van der Waals surface area contributed by atoms with Gasteiger partial charge in [0.1, 0.15) is 0 Å². The summed E-state index contributed by atoms with van der Waals surface area (Å²) in [4.78, 5) is 13.2. The van der Waals surface area contributed by atoms with Gasteiger partial charge in [-0.25, -0.2) is 0 Å². The summed E-state index contributed by atoms with van der Waals surface area (Å²) < 4.78 is 50.4. The average Bonchev–Trinajstić information content (AvgIpc) is 3.45. The number of benzene rings is 1. The molecule has 1 aliphatic carbocycles. The fraction of sp³-hybridized carbons (Fsp3) is 0.565. The molecule has 1 amide bonds. The van der Waals surface area contributed by atoms with E-state index in [0.29, 0.717) is 30.6 Å². The largest absolute Gasteiger partial charge is 0.416 e. The lowest BCUT2D eigenvalue weighted by Gasteiger charge is -2.27. The van der Waals surface area contributed by atoms with Gasteiger partial charge in [0.05, 0.1) is 29.4 Å². The smallest absolute Gasteiger partial charge is 0.393 e. The van der Waals surface area contributed by atoms with Crippen molar-refractivity contribution in [2.45, 2.75) is 69.0 Å². The van der Waals surface area contributed by atoms with E-state index in [1.165, 1.54) is 12.1 Å². The predicted molar refractivity (Wildman–Crippen MR) is 113 cm³/mol. The van der Waals surface area contributed by atoms with Crippen LogP contribution in [0.1, 0.15) is 66.2 Å². The molecule has 33 heavy (non-hydrogen) atoms. The number of likely N-dealkylation sites (N-methyl/N-ethyl adjacent to an activating group) is 1. The SMILES string of the molecule is CNC(c1c(C(=O)NC2CCCC(O)C2)noc1-c1ccc(C(F)(F)F)cc1)C1CCCO1. The van der Waals surface area contributed by atoms with Crippen molar-refractivity contribution in [3.8, 4) is 11.3 Å². The van der Waals surface area contributed by atoms with Gasteiger partial charge in [-0.15, -0.1) is 0 Å². The molecule has 1 saturated heterocycles. The Hall–Kier alpha value is -2.43. The van der Waals surface area contributed by atoms with Crippen molar-refractivity contribution < 1.29 is 32.3 Å². The number of carbonyl (C=O) groups excluding carboxylic acids is 1. The maximum Gasteiger partial charge on any atom is 0.416 e. The lowest BCUT2D eigenvalue weighted by molar-refractivity contribution is -0.137. The first-order chi connectivity index (χ1) is 15.8. The summed E-state index contributed by atoms with van der Waals surface area (Å²) in [7, 11) is 1.73. The number of nitrogens with one attached hydrogen (secondary N) is 2. The lowest BCUT2D eigenvalue weighted by atomic mass is 9.92. The second-order valence-corrected chi connectivity index (χ2v) is 8.66. The van der Waals surface area contributed by atoms with Gasteiger partial charge in [-0.1, -0.05) is 17.3 Å². The van der Waals surface area contributed by atoms with Gasteiger partial charge in [0.15, 0.2) is 11.5 Å². The van der Waals surface area contributed by atoms with Gasteiger partial charge in [0, 0.05) is 18.2 Å². The number of nitrogens with zero attached hydrogens (tertiary/aromatic N) is 1. The van der Waals surface area contributed by atoms with Crippen LogP contribution in [-0.4, -0.2) is 48.1 Å². The highest BCUT2D eigenvalue weighted by Gasteiger charge is 2.36. The zero-order valence-electron chi connectivity index (χ0n) is 18.3. The van der Waals surface area contributed by atoms with Crippen molar-refractivity contribution in [2.24, 2.45) is 0 Å². The molecule has 0 spiro atoms. The number of hydrogen-bond donors (Lipinski definition) is 3. The van der Waals surface area contributed by atoms with Gasteiger partial charge in [-0.2, -0.15) is 13.2 Å². The minimum absolute atomic E-state index is 0.0693. The summed E-state index contributed by atoms with van der Waals surface area (Å²) in [5, 5.41) is 20.1. The molecule has 2 aliphatic rings. The Morgan fingerprint density at radius 1 is 1.18 bits per heavy atom. The molecular formula is C23H28F3N3O4. The second-order valence-electron chi connectivity index (χ2n) is 8.66. The normalized spacial score (nSPS) is 24.6. The van der Waals surface area contributed by atoms with Crippen LogP contribution in [-0.2, 0) is 10.9 Å². The van der Waals surface area contributed by atoms with Crippen LogP contribution in [0.15, 0.2) is 28.8 Å². The number of ether oxygens (including phenoxy) is 1. The molecule has 0 radical (unpaired) electrons. The summed E-state index contributed by atoms with van der Waals surface area (Å²) in [5.41, 5.74) is 0.138. The van der Waals surface area contributed by atoms with Gasteiger partial charge in [0.2, 0.25) is 0 Å². The Morgan fingerprint density at radius 3 is 2.55 bits per heavy atom. The van der Waals surface area contributed by atoms with Crippen molar-refractivity contribution in [1.82, 2.24) is 15.8 Å². The van der Waals surface area contributed by atoms with E-state index in [1.54, 1.807) is 7.05 Å². The van der Waals surface area contributed by atoms with Gasteiger partial charge in [0.25, 0.3) is 5.91 Å². The topological polar surface area (TPSA) is 96.6 Å². The number of alkyl halides is 3. The lowest BCUT2D eigenvalue weighted by Crippen LogP contribution is -2.41. The van der Waals surface area contributed by atoms with E-state index >= 15 is 0 Å². The summed E-state index contributed by atoms with van der Waals surface area (Å²) >= 11 is 0. The Kier molecular flexibility index (Phi) is 7.06. The number of aromatic nitrogens is 1. The molecule has 4 unspecified atom stereocenters. The van der Waals surface area contributed by atoms with Gasteiger partial charge >= 0.3 is 6.18 Å². The van der Waals surface area contributed by atoms with Gasteiger partial charge in [-0.3, -0.25) is 4.79 Å². The summed E-state index contributed by atoms with van der Waals surface area (Å²) in [6.07, 6.45) is -0.779. The number of halogens is 3. The van der Waals surface area contributed by atoms with Crippen molar-refractivity contribution in [3.63, 3.8) is 0 Å². The monoisotopic (exact) mass is 467 g/mol. The number of aliphatic hydroxyl groups is 1. The molecule has 2 heterocycles. The van der Waals surface area contributed by atoms with Crippen molar-refractivity contribution in [3.05, 3.63) is 41.1 Å². The first-order valence-electron chi connectivity index (χ1n) is 11.2. The summed E-state index contributed by atoms with van der Waals surface area (Å²) in [6.45, 7) is 0.589. The van der Waals surface area contributed by atoms with Crippen molar-refractivity contribution in [1.29, 1.82) is 0 Å². The molecule has 4 atom stereocenters. The van der Waals surface area contributed by atoms with E-state index in [4.69, 9.17) is 9.26 Å². The molecular weight excluding hydrogens is 439 g/mol. The molecule has 2 fully saturated rings.